The Morgan fingerprint density at radius 1 is 1.09 bits per heavy atom. The van der Waals surface area contributed by atoms with Gasteiger partial charge in [0.05, 0.1) is 4.90 Å². The van der Waals surface area contributed by atoms with Crippen LogP contribution in [0.1, 0.15) is 24.0 Å². The fourth-order valence-corrected chi connectivity index (χ4v) is 3.65. The monoisotopic (exact) mass is 353 g/mol. The molecule has 0 aliphatic heterocycles. The number of nitrogens with one attached hydrogen (secondary N) is 2. The lowest BCUT2D eigenvalue weighted by atomic mass is 9.92. The summed E-state index contributed by atoms with van der Waals surface area (Å²) in [6.45, 7) is 0. The Bertz CT molecular complexity index is 821. The van der Waals surface area contributed by atoms with Gasteiger partial charge >= 0.3 is 0 Å². The molecule has 3 rings (SSSR count). The molecule has 0 amide bonds. The molecule has 4 N–H and O–H groups in total. The van der Waals surface area contributed by atoms with Gasteiger partial charge in [-0.05, 0) is 48.9 Å². The molecule has 23 heavy (non-hydrogen) atoms. The molecule has 0 fully saturated rings. The third kappa shape index (κ3) is 3.72. The van der Waals surface area contributed by atoms with E-state index in [-0.39, 0.29) is 21.8 Å². The summed E-state index contributed by atoms with van der Waals surface area (Å²) in [5.41, 5.74) is 10.3. The van der Waals surface area contributed by atoms with Crippen LogP contribution in [0, 0.1) is 0 Å². The van der Waals surface area contributed by atoms with Crippen molar-refractivity contribution in [1.82, 2.24) is 14.8 Å². The summed E-state index contributed by atoms with van der Waals surface area (Å²) in [6.07, 6.45) is 4.14. The molecule has 0 saturated heterocycles. The predicted molar refractivity (Wildman–Crippen MR) is 88.5 cm³/mol. The molecule has 1 aromatic carbocycles. The Morgan fingerprint density at radius 3 is 2.57 bits per heavy atom. The van der Waals surface area contributed by atoms with Crippen molar-refractivity contribution in [1.29, 1.82) is 0 Å². The number of hydrogen-bond donors (Lipinski definition) is 3. The van der Waals surface area contributed by atoms with Crippen LogP contribution in [0.15, 0.2) is 29.2 Å². The van der Waals surface area contributed by atoms with E-state index in [1.807, 2.05) is 6.07 Å². The molecule has 0 spiro atoms. The van der Waals surface area contributed by atoms with E-state index in [0.717, 1.165) is 31.2 Å². The van der Waals surface area contributed by atoms with Gasteiger partial charge in [0.2, 0.25) is 5.95 Å². The highest BCUT2D eigenvalue weighted by Crippen LogP contribution is 2.24. The van der Waals surface area contributed by atoms with Crippen LogP contribution in [0.5, 0.6) is 0 Å². The van der Waals surface area contributed by atoms with Gasteiger partial charge in [0.15, 0.2) is 0 Å². The number of nitrogens with zero attached hydrogens (tertiary/aromatic N) is 2. The SMILES string of the molecule is Nc1nc(Cl)cc(NNS(=O)(=O)c2ccc3c(c2)CCCC3)n1. The molecule has 1 aromatic heterocycles. The fourth-order valence-electron chi connectivity index (χ4n) is 2.55. The highest BCUT2D eigenvalue weighted by molar-refractivity contribution is 7.89. The van der Waals surface area contributed by atoms with Crippen LogP contribution >= 0.6 is 11.6 Å². The summed E-state index contributed by atoms with van der Waals surface area (Å²) < 4.78 is 24.8. The minimum absolute atomic E-state index is 0.0482. The number of aryl methyl sites for hydroxylation is 2. The lowest BCUT2D eigenvalue weighted by Gasteiger charge is -2.17. The van der Waals surface area contributed by atoms with Crippen molar-refractivity contribution in [2.45, 2.75) is 30.6 Å². The number of rotatable bonds is 4. The van der Waals surface area contributed by atoms with E-state index in [1.165, 1.54) is 11.6 Å². The minimum Gasteiger partial charge on any atom is -0.368 e. The molecule has 0 bridgehead atoms. The Labute approximate surface area is 139 Å². The zero-order valence-corrected chi connectivity index (χ0v) is 13.8. The van der Waals surface area contributed by atoms with Gasteiger partial charge in [0.25, 0.3) is 10.0 Å². The van der Waals surface area contributed by atoms with E-state index in [0.29, 0.717) is 0 Å². The average Bonchev–Trinajstić information content (AvgIpc) is 2.52. The molecular weight excluding hydrogens is 338 g/mol. The molecule has 122 valence electrons. The molecule has 1 aliphatic carbocycles. The van der Waals surface area contributed by atoms with Gasteiger partial charge in [-0.1, -0.05) is 17.7 Å². The Morgan fingerprint density at radius 2 is 1.83 bits per heavy atom. The molecule has 2 aromatic rings. The predicted octanol–water partition coefficient (Wildman–Crippen LogP) is 1.90. The van der Waals surface area contributed by atoms with E-state index in [4.69, 9.17) is 17.3 Å². The van der Waals surface area contributed by atoms with Gasteiger partial charge < -0.3 is 5.73 Å². The number of hydrazine groups is 1. The maximum Gasteiger partial charge on any atom is 0.257 e. The maximum atomic E-state index is 12.4. The number of hydrogen-bond acceptors (Lipinski definition) is 6. The van der Waals surface area contributed by atoms with E-state index < -0.39 is 10.0 Å². The number of fused-ring (bicyclic) bond motifs is 1. The van der Waals surface area contributed by atoms with Crippen LogP contribution in [0.4, 0.5) is 11.8 Å². The number of aromatic nitrogens is 2. The second-order valence-corrected chi connectivity index (χ2v) is 7.37. The van der Waals surface area contributed by atoms with Gasteiger partial charge in [0, 0.05) is 6.07 Å². The molecule has 0 unspecified atom stereocenters. The molecule has 1 aliphatic rings. The number of nitrogen functional groups attached to an aromatic ring is 1. The molecule has 0 saturated carbocycles. The highest BCUT2D eigenvalue weighted by atomic mass is 35.5. The third-order valence-corrected chi connectivity index (χ3v) is 5.09. The number of halogens is 1. The van der Waals surface area contributed by atoms with E-state index >= 15 is 0 Å². The average molecular weight is 354 g/mol. The second kappa shape index (κ2) is 6.31. The molecule has 0 atom stereocenters. The van der Waals surface area contributed by atoms with Crippen molar-refractivity contribution in [2.24, 2.45) is 0 Å². The first-order valence-corrected chi connectivity index (χ1v) is 9.00. The number of nitrogens with two attached hydrogens (primary N) is 1. The smallest absolute Gasteiger partial charge is 0.257 e. The second-order valence-electron chi connectivity index (χ2n) is 5.30. The first-order valence-electron chi connectivity index (χ1n) is 7.14. The largest absolute Gasteiger partial charge is 0.368 e. The van der Waals surface area contributed by atoms with Crippen molar-refractivity contribution in [2.75, 3.05) is 11.2 Å². The molecular formula is C14H16ClN5O2S. The van der Waals surface area contributed by atoms with E-state index in [9.17, 15) is 8.42 Å². The minimum atomic E-state index is -3.72. The van der Waals surface area contributed by atoms with Crippen LogP contribution in [0.3, 0.4) is 0 Å². The lowest BCUT2D eigenvalue weighted by Crippen LogP contribution is -2.30. The first-order chi connectivity index (χ1) is 10.9. The van der Waals surface area contributed by atoms with Crippen LogP contribution in [0.2, 0.25) is 5.15 Å². The number of anilines is 2. The summed E-state index contributed by atoms with van der Waals surface area (Å²) in [4.78, 5) is 10.0. The molecule has 7 nitrogen and oxygen atoms in total. The van der Waals surface area contributed by atoms with Crippen LogP contribution < -0.4 is 16.0 Å². The van der Waals surface area contributed by atoms with Crippen molar-refractivity contribution >= 4 is 33.4 Å². The van der Waals surface area contributed by atoms with Gasteiger partial charge in [-0.2, -0.15) is 4.98 Å². The highest BCUT2D eigenvalue weighted by Gasteiger charge is 2.17. The topological polar surface area (TPSA) is 110 Å². The molecule has 9 heteroatoms. The normalized spacial score (nSPS) is 14.3. The van der Waals surface area contributed by atoms with Crippen LogP contribution in [0.25, 0.3) is 0 Å². The summed E-state index contributed by atoms with van der Waals surface area (Å²) in [5, 5.41) is 0.118. The first kappa shape index (κ1) is 16.0. The van der Waals surface area contributed by atoms with Gasteiger partial charge in [-0.15, -0.1) is 4.83 Å². The van der Waals surface area contributed by atoms with Gasteiger partial charge in [-0.25, -0.2) is 13.4 Å². The summed E-state index contributed by atoms with van der Waals surface area (Å²) in [6, 6.07) is 6.57. The summed E-state index contributed by atoms with van der Waals surface area (Å²) in [7, 11) is -3.72. The standard InChI is InChI=1S/C14H16ClN5O2S/c15-12-8-13(18-14(16)17-12)19-20-23(21,22)11-6-5-9-3-1-2-4-10(9)7-11/h5-8,20H,1-4H2,(H3,16,17,18,19). The zero-order chi connectivity index (χ0) is 16.4. The molecule has 0 radical (unpaired) electrons. The number of benzene rings is 1. The van der Waals surface area contributed by atoms with Gasteiger partial charge in [0.1, 0.15) is 11.0 Å². The third-order valence-electron chi connectivity index (χ3n) is 3.66. The van der Waals surface area contributed by atoms with Crippen molar-refractivity contribution in [3.8, 4) is 0 Å². The van der Waals surface area contributed by atoms with Crippen molar-refractivity contribution in [3.63, 3.8) is 0 Å². The van der Waals surface area contributed by atoms with Gasteiger partial charge in [-0.3, -0.25) is 5.43 Å². The van der Waals surface area contributed by atoms with E-state index in [2.05, 4.69) is 20.2 Å². The summed E-state index contributed by atoms with van der Waals surface area (Å²) in [5.74, 6) is 0.122. The lowest BCUT2D eigenvalue weighted by molar-refractivity contribution is 0.587. The Kier molecular flexibility index (Phi) is 4.38. The zero-order valence-electron chi connectivity index (χ0n) is 12.2. The Balaban J connectivity index is 1.79. The quantitative estimate of drug-likeness (QED) is 0.572. The van der Waals surface area contributed by atoms with Crippen LogP contribution in [-0.4, -0.2) is 18.4 Å². The van der Waals surface area contributed by atoms with Crippen molar-refractivity contribution in [3.05, 3.63) is 40.5 Å². The maximum absolute atomic E-state index is 12.4. The molecule has 1 heterocycles. The fraction of sp³-hybridized carbons (Fsp3) is 0.286. The Hall–Kier alpha value is -1.90. The summed E-state index contributed by atoms with van der Waals surface area (Å²) >= 11 is 5.75. The van der Waals surface area contributed by atoms with E-state index in [1.54, 1.807) is 12.1 Å². The van der Waals surface area contributed by atoms with Crippen LogP contribution in [-0.2, 0) is 22.9 Å². The number of sulfonamides is 1. The van der Waals surface area contributed by atoms with Crippen molar-refractivity contribution < 1.29 is 8.42 Å².